The van der Waals surface area contributed by atoms with Gasteiger partial charge in [-0.15, -0.1) is 5.10 Å². The van der Waals surface area contributed by atoms with Gasteiger partial charge < -0.3 is 0 Å². The lowest BCUT2D eigenvalue weighted by Gasteiger charge is -2.08. The largest absolute Gasteiger partial charge is 0.244 e. The van der Waals surface area contributed by atoms with Gasteiger partial charge in [0.2, 0.25) is 10.0 Å². The molecule has 0 spiro atoms. The van der Waals surface area contributed by atoms with E-state index in [4.69, 9.17) is 0 Å². The van der Waals surface area contributed by atoms with Crippen molar-refractivity contribution in [2.45, 2.75) is 11.4 Å². The second-order valence-electron chi connectivity index (χ2n) is 4.88. The average molecular weight is 369 g/mol. The highest BCUT2D eigenvalue weighted by Crippen LogP contribution is 2.16. The lowest BCUT2D eigenvalue weighted by Crippen LogP contribution is -2.26. The molecule has 0 amide bonds. The minimum atomic E-state index is -4.33. The molecule has 25 heavy (non-hydrogen) atoms. The van der Waals surface area contributed by atoms with Crippen molar-refractivity contribution >= 4 is 10.0 Å². The van der Waals surface area contributed by atoms with E-state index in [1.165, 1.54) is 28.9 Å². The molecule has 0 aliphatic heterocycles. The summed E-state index contributed by atoms with van der Waals surface area (Å²) in [6.45, 7) is -0.386. The summed E-state index contributed by atoms with van der Waals surface area (Å²) in [4.78, 5) is -0.826. The Balaban J connectivity index is 1.84. The van der Waals surface area contributed by atoms with E-state index in [1.54, 1.807) is 0 Å². The molecule has 3 rings (SSSR count). The smallest absolute Gasteiger partial charge is 0.207 e. The molecule has 0 saturated carbocycles. The summed E-state index contributed by atoms with van der Waals surface area (Å²) in [5.74, 6) is -2.36. The van der Waals surface area contributed by atoms with E-state index in [-0.39, 0.29) is 12.4 Å². The molecular weight excluding hydrogens is 359 g/mol. The van der Waals surface area contributed by atoms with Crippen LogP contribution in [0.4, 0.5) is 13.2 Å². The third kappa shape index (κ3) is 3.67. The van der Waals surface area contributed by atoms with Crippen molar-refractivity contribution in [2.24, 2.45) is 0 Å². The normalized spacial score (nSPS) is 11.6. The first-order valence-corrected chi connectivity index (χ1v) is 8.33. The van der Waals surface area contributed by atoms with Crippen LogP contribution in [0.3, 0.4) is 0 Å². The summed E-state index contributed by atoms with van der Waals surface area (Å²) in [7, 11) is -4.33. The first-order valence-electron chi connectivity index (χ1n) is 6.85. The monoisotopic (exact) mass is 369 g/mol. The van der Waals surface area contributed by atoms with E-state index in [0.717, 1.165) is 6.07 Å². The Morgan fingerprint density at radius 2 is 1.68 bits per heavy atom. The second-order valence-corrected chi connectivity index (χ2v) is 6.62. The maximum Gasteiger partial charge on any atom is 0.244 e. The number of hydrogen-bond acceptors (Lipinski definition) is 5. The molecule has 7 nitrogen and oxygen atoms in total. The van der Waals surface area contributed by atoms with Gasteiger partial charge in [-0.05, 0) is 52.9 Å². The average Bonchev–Trinajstić information content (AvgIpc) is 3.04. The number of aromatic nitrogens is 4. The van der Waals surface area contributed by atoms with E-state index < -0.39 is 32.4 Å². The molecule has 2 aromatic carbocycles. The predicted octanol–water partition coefficient (Wildman–Crippen LogP) is 1.56. The standard InChI is InChI=1S/C14H10F3N5O2S/c15-9-1-4-11(5-2-9)22-14(19-20-21-22)8-18-25(23,24)13-7-10(16)3-6-12(13)17/h1-7,18H,8H2. The molecule has 130 valence electrons. The number of nitrogens with one attached hydrogen (secondary N) is 1. The van der Waals surface area contributed by atoms with Gasteiger partial charge in [0.1, 0.15) is 22.3 Å². The quantitative estimate of drug-likeness (QED) is 0.737. The Labute approximate surface area is 140 Å². The Hall–Kier alpha value is -2.79. The van der Waals surface area contributed by atoms with Crippen LogP contribution in [-0.2, 0) is 16.6 Å². The number of nitrogens with zero attached hydrogens (tertiary/aromatic N) is 4. The van der Waals surface area contributed by atoms with Gasteiger partial charge in [0.05, 0.1) is 12.2 Å². The lowest BCUT2D eigenvalue weighted by molar-refractivity contribution is 0.544. The zero-order valence-electron chi connectivity index (χ0n) is 12.4. The third-order valence-corrected chi connectivity index (χ3v) is 4.62. The summed E-state index contributed by atoms with van der Waals surface area (Å²) in [5, 5.41) is 10.8. The fraction of sp³-hybridized carbons (Fsp3) is 0.0714. The molecule has 0 aliphatic rings. The van der Waals surface area contributed by atoms with Crippen LogP contribution in [0.15, 0.2) is 47.4 Å². The van der Waals surface area contributed by atoms with Gasteiger partial charge >= 0.3 is 0 Å². The van der Waals surface area contributed by atoms with E-state index in [2.05, 4.69) is 20.2 Å². The van der Waals surface area contributed by atoms with Gasteiger partial charge in [-0.25, -0.2) is 26.3 Å². The van der Waals surface area contributed by atoms with Crippen molar-refractivity contribution in [3.8, 4) is 5.69 Å². The molecule has 0 aliphatic carbocycles. The summed E-state index contributed by atoms with van der Waals surface area (Å²) in [6.07, 6.45) is 0. The third-order valence-electron chi connectivity index (χ3n) is 3.21. The molecule has 3 aromatic rings. The van der Waals surface area contributed by atoms with Crippen molar-refractivity contribution < 1.29 is 21.6 Å². The van der Waals surface area contributed by atoms with Crippen LogP contribution in [0, 0.1) is 17.5 Å². The fourth-order valence-corrected chi connectivity index (χ4v) is 3.09. The van der Waals surface area contributed by atoms with Crippen LogP contribution in [0.25, 0.3) is 5.69 Å². The lowest BCUT2D eigenvalue weighted by atomic mass is 10.3. The van der Waals surface area contributed by atoms with Gasteiger partial charge in [0.25, 0.3) is 0 Å². The number of hydrogen-bond donors (Lipinski definition) is 1. The van der Waals surface area contributed by atoms with Crippen molar-refractivity contribution in [1.82, 2.24) is 24.9 Å². The van der Waals surface area contributed by atoms with Crippen LogP contribution in [0.5, 0.6) is 0 Å². The first kappa shape index (κ1) is 17.0. The first-order chi connectivity index (χ1) is 11.9. The summed E-state index contributed by atoms with van der Waals surface area (Å²) in [5.41, 5.74) is 0.400. The molecule has 0 fully saturated rings. The minimum Gasteiger partial charge on any atom is -0.207 e. The zero-order valence-corrected chi connectivity index (χ0v) is 13.2. The highest BCUT2D eigenvalue weighted by Gasteiger charge is 2.21. The topological polar surface area (TPSA) is 89.8 Å². The van der Waals surface area contributed by atoms with Crippen molar-refractivity contribution in [3.05, 3.63) is 65.7 Å². The van der Waals surface area contributed by atoms with Crippen LogP contribution < -0.4 is 4.72 Å². The molecule has 11 heteroatoms. The van der Waals surface area contributed by atoms with Crippen molar-refractivity contribution in [3.63, 3.8) is 0 Å². The van der Waals surface area contributed by atoms with E-state index >= 15 is 0 Å². The van der Waals surface area contributed by atoms with Crippen LogP contribution in [0.1, 0.15) is 5.82 Å². The summed E-state index contributed by atoms with van der Waals surface area (Å²) < 4.78 is 67.4. The molecule has 1 heterocycles. The Kier molecular flexibility index (Phi) is 4.51. The number of halogens is 3. The fourth-order valence-electron chi connectivity index (χ4n) is 2.02. The number of tetrazole rings is 1. The molecule has 0 bridgehead atoms. The van der Waals surface area contributed by atoms with Gasteiger partial charge in [-0.3, -0.25) is 0 Å². The molecule has 0 radical (unpaired) electrons. The van der Waals surface area contributed by atoms with Gasteiger partial charge in [0.15, 0.2) is 5.82 Å². The SMILES string of the molecule is O=S(=O)(NCc1nnnn1-c1ccc(F)cc1)c1cc(F)ccc1F. The molecule has 1 N–H and O–H groups in total. The van der Waals surface area contributed by atoms with Crippen molar-refractivity contribution in [1.29, 1.82) is 0 Å². The van der Waals surface area contributed by atoms with Crippen LogP contribution >= 0.6 is 0 Å². The second kappa shape index (κ2) is 6.61. The molecule has 0 unspecified atom stereocenters. The zero-order chi connectivity index (χ0) is 18.0. The van der Waals surface area contributed by atoms with Crippen molar-refractivity contribution in [2.75, 3.05) is 0 Å². The molecular formula is C14H10F3N5O2S. The summed E-state index contributed by atoms with van der Waals surface area (Å²) >= 11 is 0. The molecule has 0 atom stereocenters. The Morgan fingerprint density at radius 3 is 2.40 bits per heavy atom. The van der Waals surface area contributed by atoms with E-state index in [9.17, 15) is 21.6 Å². The molecule has 1 aromatic heterocycles. The summed E-state index contributed by atoms with van der Waals surface area (Å²) in [6, 6.07) is 7.27. The number of rotatable bonds is 5. The molecule has 0 saturated heterocycles. The maximum absolute atomic E-state index is 13.6. The highest BCUT2D eigenvalue weighted by molar-refractivity contribution is 7.89. The maximum atomic E-state index is 13.6. The van der Waals surface area contributed by atoms with E-state index in [0.29, 0.717) is 17.8 Å². The predicted molar refractivity (Wildman–Crippen MR) is 79.5 cm³/mol. The van der Waals surface area contributed by atoms with Crippen LogP contribution in [0.2, 0.25) is 0 Å². The number of sulfonamides is 1. The van der Waals surface area contributed by atoms with E-state index in [1.807, 2.05) is 0 Å². The minimum absolute atomic E-state index is 0.0759. The Bertz CT molecular complexity index is 1010. The number of benzene rings is 2. The highest BCUT2D eigenvalue weighted by atomic mass is 32.2. The Morgan fingerprint density at radius 1 is 1.00 bits per heavy atom. The van der Waals surface area contributed by atoms with Gasteiger partial charge in [-0.2, -0.15) is 4.68 Å². The van der Waals surface area contributed by atoms with Gasteiger partial charge in [-0.1, -0.05) is 0 Å². The van der Waals surface area contributed by atoms with Crippen LogP contribution in [-0.4, -0.2) is 28.6 Å². The van der Waals surface area contributed by atoms with Gasteiger partial charge in [0, 0.05) is 0 Å².